The van der Waals surface area contributed by atoms with Gasteiger partial charge in [0.2, 0.25) is 0 Å². The fourth-order valence-corrected chi connectivity index (χ4v) is 1.94. The molecule has 0 bridgehead atoms. The van der Waals surface area contributed by atoms with Gasteiger partial charge in [0.25, 0.3) is 0 Å². The van der Waals surface area contributed by atoms with E-state index in [9.17, 15) is 4.79 Å². The van der Waals surface area contributed by atoms with Crippen molar-refractivity contribution in [3.8, 4) is 5.75 Å². The number of carbonyl (C=O) groups is 1. The molecule has 1 unspecified atom stereocenters. The molecule has 0 aliphatic carbocycles. The third kappa shape index (κ3) is 5.38. The smallest absolute Gasteiger partial charge is 0.323 e. The third-order valence-electron chi connectivity index (χ3n) is 3.32. The minimum Gasteiger partial charge on any atom is -0.493 e. The molecule has 0 radical (unpaired) electrons. The molecule has 0 saturated heterocycles. The van der Waals surface area contributed by atoms with Crippen LogP contribution in [0.1, 0.15) is 45.2 Å². The minimum atomic E-state index is -0.626. The molecule has 0 aromatic heterocycles. The van der Waals surface area contributed by atoms with Gasteiger partial charge in [-0.3, -0.25) is 4.79 Å². The van der Waals surface area contributed by atoms with Crippen LogP contribution in [0.15, 0.2) is 18.2 Å². The zero-order chi connectivity index (χ0) is 16.0. The standard InChI is InChI=1S/C17H27NO3/c1-6-20-16(19)14(18)9-10-21-15-8-7-13(11-12(15)2)17(3,4)5/h7-8,11,14H,6,9-10,18H2,1-5H3. The molecule has 1 aromatic rings. The van der Waals surface area contributed by atoms with Gasteiger partial charge in [0, 0.05) is 6.42 Å². The van der Waals surface area contributed by atoms with E-state index in [-0.39, 0.29) is 11.4 Å². The minimum absolute atomic E-state index is 0.121. The van der Waals surface area contributed by atoms with Gasteiger partial charge in [-0.05, 0) is 36.5 Å². The Kier molecular flexibility index (Phi) is 6.21. The van der Waals surface area contributed by atoms with Crippen molar-refractivity contribution in [2.45, 2.75) is 52.5 Å². The van der Waals surface area contributed by atoms with Crippen LogP contribution in [-0.2, 0) is 14.9 Å². The Morgan fingerprint density at radius 2 is 2.00 bits per heavy atom. The van der Waals surface area contributed by atoms with E-state index in [0.29, 0.717) is 19.6 Å². The van der Waals surface area contributed by atoms with Gasteiger partial charge in [-0.25, -0.2) is 0 Å². The second kappa shape index (κ2) is 7.46. The predicted octanol–water partition coefficient (Wildman–Crippen LogP) is 2.95. The molecular weight excluding hydrogens is 266 g/mol. The first-order chi connectivity index (χ1) is 9.75. The van der Waals surface area contributed by atoms with Crippen LogP contribution in [0.3, 0.4) is 0 Å². The van der Waals surface area contributed by atoms with E-state index in [1.165, 1.54) is 5.56 Å². The third-order valence-corrected chi connectivity index (χ3v) is 3.32. The molecule has 4 heteroatoms. The quantitative estimate of drug-likeness (QED) is 0.819. The summed E-state index contributed by atoms with van der Waals surface area (Å²) in [6.07, 6.45) is 0.444. The average molecular weight is 293 g/mol. The van der Waals surface area contributed by atoms with E-state index in [1.54, 1.807) is 6.92 Å². The lowest BCUT2D eigenvalue weighted by Crippen LogP contribution is -2.33. The largest absolute Gasteiger partial charge is 0.493 e. The summed E-state index contributed by atoms with van der Waals surface area (Å²) >= 11 is 0. The first kappa shape index (κ1) is 17.5. The van der Waals surface area contributed by atoms with Crippen molar-refractivity contribution >= 4 is 5.97 Å². The van der Waals surface area contributed by atoms with Gasteiger partial charge >= 0.3 is 5.97 Å². The van der Waals surface area contributed by atoms with E-state index in [4.69, 9.17) is 15.2 Å². The molecule has 118 valence electrons. The summed E-state index contributed by atoms with van der Waals surface area (Å²) in [6.45, 7) is 11.1. The van der Waals surface area contributed by atoms with E-state index in [2.05, 4.69) is 32.9 Å². The topological polar surface area (TPSA) is 61.5 Å². The van der Waals surface area contributed by atoms with Crippen LogP contribution in [0, 0.1) is 6.92 Å². The monoisotopic (exact) mass is 293 g/mol. The average Bonchev–Trinajstić information content (AvgIpc) is 2.39. The Morgan fingerprint density at radius 3 is 2.52 bits per heavy atom. The van der Waals surface area contributed by atoms with Crippen molar-refractivity contribution in [2.24, 2.45) is 5.73 Å². The maximum Gasteiger partial charge on any atom is 0.323 e. The zero-order valence-electron chi connectivity index (χ0n) is 13.7. The number of aryl methyl sites for hydroxylation is 1. The van der Waals surface area contributed by atoms with Crippen LogP contribution in [-0.4, -0.2) is 25.2 Å². The van der Waals surface area contributed by atoms with Crippen LogP contribution >= 0.6 is 0 Å². The summed E-state index contributed by atoms with van der Waals surface area (Å²) in [5.41, 5.74) is 8.22. The number of ether oxygens (including phenoxy) is 2. The fourth-order valence-electron chi connectivity index (χ4n) is 1.94. The molecule has 0 heterocycles. The summed E-state index contributed by atoms with van der Waals surface area (Å²) in [7, 11) is 0. The maximum absolute atomic E-state index is 11.4. The second-order valence-corrected chi connectivity index (χ2v) is 6.23. The van der Waals surface area contributed by atoms with E-state index >= 15 is 0 Å². The van der Waals surface area contributed by atoms with Crippen molar-refractivity contribution < 1.29 is 14.3 Å². The predicted molar refractivity (Wildman–Crippen MR) is 84.6 cm³/mol. The van der Waals surface area contributed by atoms with Gasteiger partial charge in [0.05, 0.1) is 13.2 Å². The number of hydrogen-bond donors (Lipinski definition) is 1. The van der Waals surface area contributed by atoms with E-state index in [0.717, 1.165) is 11.3 Å². The summed E-state index contributed by atoms with van der Waals surface area (Å²) < 4.78 is 10.6. The Hall–Kier alpha value is -1.55. The highest BCUT2D eigenvalue weighted by molar-refractivity contribution is 5.75. The van der Waals surface area contributed by atoms with Crippen molar-refractivity contribution in [2.75, 3.05) is 13.2 Å². The first-order valence-corrected chi connectivity index (χ1v) is 7.42. The molecule has 1 aromatic carbocycles. The van der Waals surface area contributed by atoms with E-state index < -0.39 is 6.04 Å². The molecule has 0 aliphatic rings. The molecule has 0 spiro atoms. The van der Waals surface area contributed by atoms with Gasteiger partial charge in [-0.2, -0.15) is 0 Å². The number of nitrogens with two attached hydrogens (primary N) is 1. The molecule has 1 atom stereocenters. The normalized spacial score (nSPS) is 12.9. The molecule has 4 nitrogen and oxygen atoms in total. The molecule has 0 amide bonds. The summed E-state index contributed by atoms with van der Waals surface area (Å²) in [6, 6.07) is 5.57. The van der Waals surface area contributed by atoms with Gasteiger partial charge in [-0.1, -0.05) is 32.9 Å². The van der Waals surface area contributed by atoms with Gasteiger partial charge in [-0.15, -0.1) is 0 Å². The Balaban J connectivity index is 2.55. The fraction of sp³-hybridized carbons (Fsp3) is 0.588. The van der Waals surface area contributed by atoms with Crippen molar-refractivity contribution in [3.63, 3.8) is 0 Å². The molecule has 0 aliphatic heterocycles. The van der Waals surface area contributed by atoms with Crippen LogP contribution in [0.4, 0.5) is 0 Å². The zero-order valence-corrected chi connectivity index (χ0v) is 13.7. The van der Waals surface area contributed by atoms with Crippen molar-refractivity contribution in [3.05, 3.63) is 29.3 Å². The van der Waals surface area contributed by atoms with Crippen LogP contribution in [0.25, 0.3) is 0 Å². The van der Waals surface area contributed by atoms with Crippen LogP contribution < -0.4 is 10.5 Å². The lowest BCUT2D eigenvalue weighted by molar-refractivity contribution is -0.145. The number of esters is 1. The SMILES string of the molecule is CCOC(=O)C(N)CCOc1ccc(C(C)(C)C)cc1C. The first-order valence-electron chi connectivity index (χ1n) is 7.42. The Morgan fingerprint density at radius 1 is 1.33 bits per heavy atom. The summed E-state index contributed by atoms with van der Waals surface area (Å²) in [5, 5.41) is 0. The lowest BCUT2D eigenvalue weighted by Gasteiger charge is -2.20. The van der Waals surface area contributed by atoms with Crippen molar-refractivity contribution in [1.82, 2.24) is 0 Å². The molecule has 0 saturated carbocycles. The number of hydrogen-bond acceptors (Lipinski definition) is 4. The van der Waals surface area contributed by atoms with Gasteiger partial charge < -0.3 is 15.2 Å². The molecule has 0 fully saturated rings. The highest BCUT2D eigenvalue weighted by Crippen LogP contribution is 2.27. The molecule has 21 heavy (non-hydrogen) atoms. The summed E-state index contributed by atoms with van der Waals surface area (Å²) in [5.74, 6) is 0.458. The number of benzene rings is 1. The summed E-state index contributed by atoms with van der Waals surface area (Å²) in [4.78, 5) is 11.4. The number of rotatable bonds is 6. The maximum atomic E-state index is 11.4. The highest BCUT2D eigenvalue weighted by atomic mass is 16.5. The lowest BCUT2D eigenvalue weighted by atomic mass is 9.86. The van der Waals surface area contributed by atoms with Crippen molar-refractivity contribution in [1.29, 1.82) is 0 Å². The van der Waals surface area contributed by atoms with Crippen LogP contribution in [0.2, 0.25) is 0 Å². The molecular formula is C17H27NO3. The highest BCUT2D eigenvalue weighted by Gasteiger charge is 2.16. The van der Waals surface area contributed by atoms with E-state index in [1.807, 2.05) is 13.0 Å². The Bertz CT molecular complexity index is 477. The number of carbonyl (C=O) groups excluding carboxylic acids is 1. The molecule has 1 rings (SSSR count). The molecule has 2 N–H and O–H groups in total. The Labute approximate surface area is 127 Å². The van der Waals surface area contributed by atoms with Crippen LogP contribution in [0.5, 0.6) is 5.75 Å². The van der Waals surface area contributed by atoms with Gasteiger partial charge in [0.15, 0.2) is 0 Å². The van der Waals surface area contributed by atoms with Gasteiger partial charge in [0.1, 0.15) is 11.8 Å². The second-order valence-electron chi connectivity index (χ2n) is 6.23.